The van der Waals surface area contributed by atoms with E-state index < -0.39 is 0 Å². The van der Waals surface area contributed by atoms with Gasteiger partial charge < -0.3 is 4.57 Å². The number of aliphatic imine (C=N–C) groups is 1. The smallest absolute Gasteiger partial charge is 0.0778 e. The third-order valence-corrected chi connectivity index (χ3v) is 13.3. The molecule has 3 nitrogen and oxygen atoms in total. The van der Waals surface area contributed by atoms with Crippen molar-refractivity contribution < 1.29 is 0 Å². The number of fused-ring (bicyclic) bond motifs is 8. The Morgan fingerprint density at radius 1 is 0.581 bits per heavy atom. The van der Waals surface area contributed by atoms with Gasteiger partial charge in [0, 0.05) is 51.0 Å². The summed E-state index contributed by atoms with van der Waals surface area (Å²) in [5.41, 5.74) is 23.0. The van der Waals surface area contributed by atoms with Crippen molar-refractivity contribution in [2.45, 2.75) is 19.3 Å². The average molecular weight is 790 g/mol. The number of nitrogens with zero attached hydrogens (tertiary/aromatic N) is 3. The van der Waals surface area contributed by atoms with Gasteiger partial charge in [0.15, 0.2) is 0 Å². The molecule has 2 aromatic heterocycles. The molecule has 13 rings (SSSR count). The van der Waals surface area contributed by atoms with Crippen LogP contribution in [0.15, 0.2) is 199 Å². The molecule has 3 heteroatoms. The van der Waals surface area contributed by atoms with Gasteiger partial charge in [0.1, 0.15) is 0 Å². The van der Waals surface area contributed by atoms with Crippen molar-refractivity contribution in [2.75, 3.05) is 0 Å². The first-order valence-electron chi connectivity index (χ1n) is 21.6. The second-order valence-corrected chi connectivity index (χ2v) is 16.8. The van der Waals surface area contributed by atoms with Gasteiger partial charge in [-0.1, -0.05) is 164 Å². The van der Waals surface area contributed by atoms with Gasteiger partial charge in [-0.25, -0.2) is 0 Å². The average Bonchev–Trinajstić information content (AvgIpc) is 3.54. The number of rotatable bonds is 4. The summed E-state index contributed by atoms with van der Waals surface area (Å²) in [6, 6.07) is 55.9. The van der Waals surface area contributed by atoms with Crippen molar-refractivity contribution in [1.29, 1.82) is 0 Å². The SMILES string of the molecule is C1=CC(c2ccc3c4c2-n2c5ccccc5c5cccc(c52)-c2c-4c(cc4ccccc24)C/C3=C/c2ccccc2)=CC(c2cc(C3=NC=CCc4ccccc43)ccn2)=CC1. The third kappa shape index (κ3) is 5.31. The highest BCUT2D eigenvalue weighted by molar-refractivity contribution is 6.22. The Kier molecular flexibility index (Phi) is 7.80. The zero-order valence-electron chi connectivity index (χ0n) is 34.0. The first-order chi connectivity index (χ1) is 30.8. The predicted molar refractivity (Wildman–Crippen MR) is 260 cm³/mol. The van der Waals surface area contributed by atoms with Crippen molar-refractivity contribution in [3.8, 4) is 27.9 Å². The van der Waals surface area contributed by atoms with Crippen LogP contribution in [0, 0.1) is 0 Å². The highest BCUT2D eigenvalue weighted by Crippen LogP contribution is 2.56. The van der Waals surface area contributed by atoms with E-state index in [0.29, 0.717) is 0 Å². The molecule has 4 heterocycles. The second-order valence-electron chi connectivity index (χ2n) is 16.8. The van der Waals surface area contributed by atoms with E-state index in [1.807, 2.05) is 12.4 Å². The molecular weight excluding hydrogens is 751 g/mol. The third-order valence-electron chi connectivity index (χ3n) is 13.3. The van der Waals surface area contributed by atoms with Crippen LogP contribution in [0.3, 0.4) is 0 Å². The van der Waals surface area contributed by atoms with Gasteiger partial charge in [-0.15, -0.1) is 0 Å². The van der Waals surface area contributed by atoms with Crippen LogP contribution in [0.4, 0.5) is 0 Å². The molecule has 0 amide bonds. The largest absolute Gasteiger partial charge is 0.307 e. The Labute approximate surface area is 360 Å². The monoisotopic (exact) mass is 789 g/mol. The van der Waals surface area contributed by atoms with E-state index in [-0.39, 0.29) is 0 Å². The van der Waals surface area contributed by atoms with E-state index in [9.17, 15) is 0 Å². The second kappa shape index (κ2) is 13.8. The molecule has 62 heavy (non-hydrogen) atoms. The molecule has 0 saturated carbocycles. The van der Waals surface area contributed by atoms with Crippen molar-refractivity contribution in [3.63, 3.8) is 0 Å². The summed E-state index contributed by atoms with van der Waals surface area (Å²) in [5, 5.41) is 5.09. The molecule has 2 aliphatic heterocycles. The van der Waals surface area contributed by atoms with Crippen LogP contribution < -0.4 is 0 Å². The minimum atomic E-state index is 0.802. The van der Waals surface area contributed by atoms with Gasteiger partial charge in [0.2, 0.25) is 0 Å². The molecule has 290 valence electrons. The molecule has 0 bridgehead atoms. The summed E-state index contributed by atoms with van der Waals surface area (Å²) in [6.07, 6.45) is 20.2. The fourth-order valence-electron chi connectivity index (χ4n) is 10.6. The predicted octanol–water partition coefficient (Wildman–Crippen LogP) is 14.4. The Bertz CT molecular complexity index is 3590. The number of para-hydroxylation sites is 2. The fourth-order valence-corrected chi connectivity index (χ4v) is 10.6. The highest BCUT2D eigenvalue weighted by Gasteiger charge is 2.34. The Morgan fingerprint density at radius 2 is 1.39 bits per heavy atom. The maximum Gasteiger partial charge on any atom is 0.0778 e. The lowest BCUT2D eigenvalue weighted by atomic mass is 9.75. The molecule has 0 spiro atoms. The molecule has 7 aromatic carbocycles. The topological polar surface area (TPSA) is 30.2 Å². The van der Waals surface area contributed by atoms with Crippen LogP contribution in [0.25, 0.3) is 83.3 Å². The molecule has 0 radical (unpaired) electrons. The van der Waals surface area contributed by atoms with Gasteiger partial charge in [-0.3, -0.25) is 9.98 Å². The van der Waals surface area contributed by atoms with Gasteiger partial charge in [0.05, 0.1) is 28.1 Å². The summed E-state index contributed by atoms with van der Waals surface area (Å²) in [4.78, 5) is 9.98. The van der Waals surface area contributed by atoms with Gasteiger partial charge in [0.25, 0.3) is 0 Å². The number of aromatic nitrogens is 2. The lowest BCUT2D eigenvalue weighted by Crippen LogP contribution is -2.10. The summed E-state index contributed by atoms with van der Waals surface area (Å²) in [5.74, 6) is 0. The van der Waals surface area contributed by atoms with E-state index in [4.69, 9.17) is 9.98 Å². The van der Waals surface area contributed by atoms with E-state index >= 15 is 0 Å². The summed E-state index contributed by atoms with van der Waals surface area (Å²) in [7, 11) is 0. The lowest BCUT2D eigenvalue weighted by molar-refractivity contribution is 1.16. The molecule has 0 atom stereocenters. The fraction of sp³-hybridized carbons (Fsp3) is 0.0508. The minimum absolute atomic E-state index is 0.802. The molecule has 0 fully saturated rings. The zero-order chi connectivity index (χ0) is 40.7. The summed E-state index contributed by atoms with van der Waals surface area (Å²) in [6.45, 7) is 0. The van der Waals surface area contributed by atoms with Gasteiger partial charge >= 0.3 is 0 Å². The maximum atomic E-state index is 5.02. The van der Waals surface area contributed by atoms with E-state index in [0.717, 1.165) is 47.4 Å². The first kappa shape index (κ1) is 34.9. The zero-order valence-corrected chi connectivity index (χ0v) is 34.0. The Hall–Kier alpha value is -7.88. The van der Waals surface area contributed by atoms with Crippen LogP contribution in [0.5, 0.6) is 0 Å². The molecule has 2 aliphatic carbocycles. The molecule has 0 unspecified atom stereocenters. The molecular formula is C59H39N3. The van der Waals surface area contributed by atoms with Crippen LogP contribution in [-0.2, 0) is 12.8 Å². The van der Waals surface area contributed by atoms with Crippen LogP contribution in [0.1, 0.15) is 51.1 Å². The number of hydrogen-bond acceptors (Lipinski definition) is 2. The normalized spacial score (nSPS) is 15.4. The lowest BCUT2D eigenvalue weighted by Gasteiger charge is -2.29. The molecule has 4 aliphatic rings. The highest BCUT2D eigenvalue weighted by atomic mass is 15.0. The Balaban J connectivity index is 1.10. The van der Waals surface area contributed by atoms with Crippen molar-refractivity contribution in [1.82, 2.24) is 9.55 Å². The molecule has 9 aromatic rings. The van der Waals surface area contributed by atoms with E-state index in [1.54, 1.807) is 0 Å². The molecule has 0 saturated heterocycles. The van der Waals surface area contributed by atoms with Crippen LogP contribution in [0.2, 0.25) is 0 Å². The Morgan fingerprint density at radius 3 is 2.34 bits per heavy atom. The van der Waals surface area contributed by atoms with Gasteiger partial charge in [-0.2, -0.15) is 0 Å². The standard InChI is InChI=1S/C59H39N3/c1-2-14-37(15-3-1)32-43-35-44-34-39-17-7-8-21-45(39)55-51-25-12-24-50-49-23-10-11-26-53(49)62(58(50)51)59-48(28-27-46(43)56(59)54(44)55)40-18-4-5-19-41(33-40)52-36-42(29-31-60-52)57-47-22-9-6-16-38(47)20-13-30-61-57/h1-4,6-19,21-34,36H,5,20,35H2/b43-32-. The number of hydrogen-bond donors (Lipinski definition) is 0. The first-order valence-corrected chi connectivity index (χ1v) is 21.6. The van der Waals surface area contributed by atoms with E-state index in [1.165, 1.54) is 99.5 Å². The molecule has 0 N–H and O–H groups in total. The van der Waals surface area contributed by atoms with E-state index in [2.05, 4.69) is 193 Å². The summed E-state index contributed by atoms with van der Waals surface area (Å²) < 4.78 is 2.61. The number of pyridine rings is 1. The van der Waals surface area contributed by atoms with Crippen molar-refractivity contribution in [2.24, 2.45) is 4.99 Å². The van der Waals surface area contributed by atoms with Crippen molar-refractivity contribution in [3.05, 3.63) is 239 Å². The van der Waals surface area contributed by atoms with Crippen LogP contribution >= 0.6 is 0 Å². The van der Waals surface area contributed by atoms with Gasteiger partial charge in [-0.05, 0) is 104 Å². The number of benzene rings is 7. The maximum absolute atomic E-state index is 5.02. The number of allylic oxidation sites excluding steroid dienone is 8. The summed E-state index contributed by atoms with van der Waals surface area (Å²) >= 11 is 0. The quantitative estimate of drug-likeness (QED) is 0.175. The van der Waals surface area contributed by atoms with Crippen molar-refractivity contribution >= 4 is 61.1 Å². The van der Waals surface area contributed by atoms with Crippen LogP contribution in [-0.4, -0.2) is 15.3 Å². The minimum Gasteiger partial charge on any atom is -0.307 e.